The van der Waals surface area contributed by atoms with Crippen molar-refractivity contribution in [1.29, 1.82) is 10.8 Å². The monoisotopic (exact) mass is 442 g/mol. The van der Waals surface area contributed by atoms with Crippen LogP contribution in [0.25, 0.3) is 5.52 Å². The molecule has 0 unspecified atom stereocenters. The summed E-state index contributed by atoms with van der Waals surface area (Å²) in [6.45, 7) is 0.883. The Bertz CT molecular complexity index is 820. The van der Waals surface area contributed by atoms with Gasteiger partial charge in [-0.05, 0) is 39.5 Å². The third kappa shape index (κ3) is 5.01. The number of nitrogens with zero attached hydrogens (tertiary/aromatic N) is 2. The van der Waals surface area contributed by atoms with E-state index >= 15 is 0 Å². The lowest BCUT2D eigenvalue weighted by molar-refractivity contribution is 0.172. The summed E-state index contributed by atoms with van der Waals surface area (Å²) in [5.41, 5.74) is 0.391. The second-order valence-electron chi connectivity index (χ2n) is 4.85. The van der Waals surface area contributed by atoms with E-state index in [4.69, 9.17) is 42.6 Å². The lowest BCUT2D eigenvalue weighted by atomic mass is 10.3. The number of hydrogen-bond acceptors (Lipinski definition) is 7. The lowest BCUT2D eigenvalue weighted by Gasteiger charge is -2.11. The number of aromatic nitrogens is 2. The number of alkyl halides is 2. The zero-order valence-electron chi connectivity index (χ0n) is 13.4. The fourth-order valence-electron chi connectivity index (χ4n) is 2.01. The molecule has 0 aliphatic heterocycles. The molecule has 2 heterocycles. The summed E-state index contributed by atoms with van der Waals surface area (Å²) in [5.74, 6) is 0.423. The minimum atomic E-state index is -2.96. The molecule has 2 aromatic rings. The second kappa shape index (κ2) is 9.75. The average molecular weight is 443 g/mol. The SMILES string of the molecule is COCCCOc1cc(SCl)cn2c(C(=N)SC(=N)C(F)F)nc(Cl)c12. The standard InChI is InChI=1S/C14H14Cl2F2N4O2S2/c1-23-3-2-4-24-8-5-7(26-16)6-22-9(8)10(15)21-14(22)13(20)25-12(19)11(17)18/h5-6,11,19-20H,2-4H2,1H3. The summed E-state index contributed by atoms with van der Waals surface area (Å²) in [6.07, 6.45) is -0.739. The van der Waals surface area contributed by atoms with Crippen molar-refractivity contribution < 1.29 is 18.3 Å². The van der Waals surface area contributed by atoms with E-state index in [1.165, 1.54) is 4.40 Å². The van der Waals surface area contributed by atoms with Crippen molar-refractivity contribution in [2.45, 2.75) is 17.7 Å². The van der Waals surface area contributed by atoms with Crippen molar-refractivity contribution in [3.05, 3.63) is 23.2 Å². The molecule has 0 saturated heterocycles. The first-order chi connectivity index (χ1) is 12.4. The molecule has 0 spiro atoms. The highest BCUT2D eigenvalue weighted by Crippen LogP contribution is 2.35. The lowest BCUT2D eigenvalue weighted by Crippen LogP contribution is -2.10. The molecule has 0 amide bonds. The predicted molar refractivity (Wildman–Crippen MR) is 102 cm³/mol. The number of imidazole rings is 1. The predicted octanol–water partition coefficient (Wildman–Crippen LogP) is 4.95. The highest BCUT2D eigenvalue weighted by molar-refractivity contribution is 8.26. The molecule has 6 nitrogen and oxygen atoms in total. The Labute approximate surface area is 166 Å². The number of rotatable bonds is 8. The Morgan fingerprint density at radius 2 is 2.12 bits per heavy atom. The quantitative estimate of drug-likeness (QED) is 0.343. The van der Waals surface area contributed by atoms with Crippen molar-refractivity contribution in [3.8, 4) is 5.75 Å². The molecule has 26 heavy (non-hydrogen) atoms. The maximum atomic E-state index is 12.6. The van der Waals surface area contributed by atoms with E-state index in [0.29, 0.717) is 47.6 Å². The van der Waals surface area contributed by atoms with Crippen molar-refractivity contribution in [1.82, 2.24) is 9.38 Å². The maximum Gasteiger partial charge on any atom is 0.285 e. The molecule has 0 bridgehead atoms. The summed E-state index contributed by atoms with van der Waals surface area (Å²) in [6, 6.07) is 1.68. The van der Waals surface area contributed by atoms with Gasteiger partial charge in [0.1, 0.15) is 21.4 Å². The molecular weight excluding hydrogens is 429 g/mol. The van der Waals surface area contributed by atoms with Crippen LogP contribution in [-0.2, 0) is 4.74 Å². The smallest absolute Gasteiger partial charge is 0.285 e. The summed E-state index contributed by atoms with van der Waals surface area (Å²) >= 11 is 6.49. The van der Waals surface area contributed by atoms with Crippen molar-refractivity contribution in [2.24, 2.45) is 0 Å². The van der Waals surface area contributed by atoms with E-state index in [9.17, 15) is 8.78 Å². The van der Waals surface area contributed by atoms with Crippen LogP contribution in [0.15, 0.2) is 17.2 Å². The molecule has 0 aliphatic carbocycles. The number of thioether (sulfide) groups is 1. The molecule has 2 rings (SSSR count). The first-order valence-electron chi connectivity index (χ1n) is 7.14. The van der Waals surface area contributed by atoms with Crippen LogP contribution in [0.5, 0.6) is 5.75 Å². The molecule has 0 atom stereocenters. The van der Waals surface area contributed by atoms with E-state index in [1.54, 1.807) is 19.4 Å². The van der Waals surface area contributed by atoms with Crippen molar-refractivity contribution in [3.63, 3.8) is 0 Å². The molecule has 0 saturated carbocycles. The molecule has 2 aromatic heterocycles. The normalized spacial score (nSPS) is 11.3. The first-order valence-corrected chi connectivity index (χ1v) is 9.98. The highest BCUT2D eigenvalue weighted by atomic mass is 35.7. The third-order valence-electron chi connectivity index (χ3n) is 3.08. The van der Waals surface area contributed by atoms with Gasteiger partial charge in [0.2, 0.25) is 0 Å². The Morgan fingerprint density at radius 1 is 1.38 bits per heavy atom. The maximum absolute atomic E-state index is 12.6. The molecule has 0 radical (unpaired) electrons. The van der Waals surface area contributed by atoms with Gasteiger partial charge < -0.3 is 9.47 Å². The summed E-state index contributed by atoms with van der Waals surface area (Å²) in [4.78, 5) is 4.66. The van der Waals surface area contributed by atoms with E-state index < -0.39 is 11.5 Å². The van der Waals surface area contributed by atoms with Gasteiger partial charge in [-0.1, -0.05) is 11.6 Å². The average Bonchev–Trinajstić information content (AvgIpc) is 2.95. The van der Waals surface area contributed by atoms with Gasteiger partial charge >= 0.3 is 0 Å². The van der Waals surface area contributed by atoms with Crippen LogP contribution in [-0.4, -0.2) is 46.2 Å². The number of methoxy groups -OCH3 is 1. The van der Waals surface area contributed by atoms with Crippen molar-refractivity contribution in [2.75, 3.05) is 20.3 Å². The number of pyridine rings is 1. The van der Waals surface area contributed by atoms with Gasteiger partial charge in [0.05, 0.1) is 6.61 Å². The van der Waals surface area contributed by atoms with E-state index in [1.807, 2.05) is 0 Å². The Balaban J connectivity index is 2.41. The molecule has 0 aromatic carbocycles. The zero-order chi connectivity index (χ0) is 19.3. The van der Waals surface area contributed by atoms with Gasteiger partial charge in [-0.15, -0.1) is 0 Å². The van der Waals surface area contributed by atoms with E-state index in [2.05, 4.69) is 4.98 Å². The molecule has 2 N–H and O–H groups in total. The Morgan fingerprint density at radius 3 is 2.73 bits per heavy atom. The van der Waals surface area contributed by atoms with Crippen molar-refractivity contribution >= 4 is 60.6 Å². The van der Waals surface area contributed by atoms with Gasteiger partial charge in [-0.2, -0.15) is 0 Å². The molecule has 0 fully saturated rings. The number of fused-ring (bicyclic) bond motifs is 1. The van der Waals surface area contributed by atoms with E-state index in [-0.39, 0.29) is 16.0 Å². The van der Waals surface area contributed by atoms with Gasteiger partial charge in [0.25, 0.3) is 6.43 Å². The molecule has 12 heteroatoms. The summed E-state index contributed by atoms with van der Waals surface area (Å²) < 4.78 is 37.3. The Kier molecular flexibility index (Phi) is 7.96. The summed E-state index contributed by atoms with van der Waals surface area (Å²) in [7, 11) is 8.34. The van der Waals surface area contributed by atoms with Crippen LogP contribution in [0.3, 0.4) is 0 Å². The van der Waals surface area contributed by atoms with Crippen LogP contribution in [0, 0.1) is 10.8 Å². The fourth-order valence-corrected chi connectivity index (χ4v) is 3.37. The Hall–Kier alpha value is -1.07. The minimum absolute atomic E-state index is 0.0229. The number of nitrogens with one attached hydrogen (secondary N) is 2. The zero-order valence-corrected chi connectivity index (χ0v) is 16.5. The fraction of sp³-hybridized carbons (Fsp3) is 0.357. The van der Waals surface area contributed by atoms with Crippen LogP contribution < -0.4 is 4.74 Å². The summed E-state index contributed by atoms with van der Waals surface area (Å²) in [5, 5.41) is 14.0. The molecular formula is C14H14Cl2F2N4O2S2. The molecule has 142 valence electrons. The van der Waals surface area contributed by atoms with Gasteiger partial charge in [0.15, 0.2) is 11.0 Å². The van der Waals surface area contributed by atoms with E-state index in [0.717, 1.165) is 11.0 Å². The topological polar surface area (TPSA) is 83.5 Å². The number of hydrogen-bond donors (Lipinski definition) is 2. The largest absolute Gasteiger partial charge is 0.491 e. The minimum Gasteiger partial charge on any atom is -0.491 e. The van der Waals surface area contributed by atoms with Crippen LogP contribution in [0.2, 0.25) is 5.15 Å². The second-order valence-corrected chi connectivity index (χ2v) is 7.35. The molecule has 0 aliphatic rings. The van der Waals surface area contributed by atoms with Crippen LogP contribution >= 0.6 is 45.0 Å². The van der Waals surface area contributed by atoms with Gasteiger partial charge in [-0.3, -0.25) is 15.2 Å². The van der Waals surface area contributed by atoms with Gasteiger partial charge in [0, 0.05) is 31.2 Å². The van der Waals surface area contributed by atoms with Gasteiger partial charge in [-0.25, -0.2) is 13.8 Å². The van der Waals surface area contributed by atoms with Crippen LogP contribution in [0.4, 0.5) is 8.78 Å². The number of halogens is 4. The third-order valence-corrected chi connectivity index (χ3v) is 5.07. The van der Waals surface area contributed by atoms with Crippen LogP contribution in [0.1, 0.15) is 12.2 Å². The first kappa shape index (κ1) is 21.2. The highest BCUT2D eigenvalue weighted by Gasteiger charge is 2.22. The number of ether oxygens (including phenoxy) is 2.